The van der Waals surface area contributed by atoms with Gasteiger partial charge in [0.15, 0.2) is 0 Å². The lowest BCUT2D eigenvalue weighted by Crippen LogP contribution is -2.23. The minimum Gasteiger partial charge on any atom is -0.491 e. The Morgan fingerprint density at radius 3 is 2.76 bits per heavy atom. The van der Waals surface area contributed by atoms with Crippen molar-refractivity contribution < 1.29 is 9.53 Å². The molecule has 1 aromatic heterocycles. The summed E-state index contributed by atoms with van der Waals surface area (Å²) in [7, 11) is 0. The Bertz CT molecular complexity index is 609. The van der Waals surface area contributed by atoms with Crippen molar-refractivity contribution in [2.45, 2.75) is 33.4 Å². The van der Waals surface area contributed by atoms with Crippen LogP contribution < -0.4 is 10.1 Å². The zero-order chi connectivity index (χ0) is 15.2. The van der Waals surface area contributed by atoms with Crippen molar-refractivity contribution in [2.24, 2.45) is 0 Å². The number of pyridine rings is 1. The zero-order valence-corrected chi connectivity index (χ0v) is 12.6. The summed E-state index contributed by atoms with van der Waals surface area (Å²) in [5.74, 6) is 0.715. The molecular formula is C17H20N2O2. The van der Waals surface area contributed by atoms with Crippen molar-refractivity contribution in [2.75, 3.05) is 0 Å². The highest BCUT2D eigenvalue weighted by atomic mass is 16.5. The van der Waals surface area contributed by atoms with E-state index in [1.807, 2.05) is 45.0 Å². The summed E-state index contributed by atoms with van der Waals surface area (Å²) < 4.78 is 5.67. The van der Waals surface area contributed by atoms with E-state index in [-0.39, 0.29) is 12.0 Å². The molecule has 0 aliphatic carbocycles. The lowest BCUT2D eigenvalue weighted by Gasteiger charge is -2.13. The SMILES string of the molecule is Cc1cc(C(=O)NCc2cccnc2)ccc1OC(C)C. The molecule has 1 N–H and O–H groups in total. The molecule has 0 bridgehead atoms. The van der Waals surface area contributed by atoms with Gasteiger partial charge >= 0.3 is 0 Å². The maximum Gasteiger partial charge on any atom is 0.251 e. The molecule has 1 aromatic carbocycles. The number of hydrogen-bond donors (Lipinski definition) is 1. The van der Waals surface area contributed by atoms with Gasteiger partial charge in [0.2, 0.25) is 0 Å². The van der Waals surface area contributed by atoms with Crippen LogP contribution in [-0.4, -0.2) is 17.0 Å². The number of carbonyl (C=O) groups is 1. The molecule has 2 aromatic rings. The molecule has 2 rings (SSSR count). The van der Waals surface area contributed by atoms with E-state index in [4.69, 9.17) is 4.74 Å². The first-order chi connectivity index (χ1) is 10.1. The zero-order valence-electron chi connectivity index (χ0n) is 12.6. The first-order valence-corrected chi connectivity index (χ1v) is 7.00. The Morgan fingerprint density at radius 1 is 1.33 bits per heavy atom. The van der Waals surface area contributed by atoms with Crippen LogP contribution in [0.2, 0.25) is 0 Å². The van der Waals surface area contributed by atoms with E-state index in [0.717, 1.165) is 16.9 Å². The molecule has 0 saturated heterocycles. The highest BCUT2D eigenvalue weighted by Crippen LogP contribution is 2.20. The molecule has 0 fully saturated rings. The van der Waals surface area contributed by atoms with E-state index in [1.165, 1.54) is 0 Å². The van der Waals surface area contributed by atoms with Gasteiger partial charge in [-0.2, -0.15) is 0 Å². The van der Waals surface area contributed by atoms with E-state index in [0.29, 0.717) is 12.1 Å². The largest absolute Gasteiger partial charge is 0.491 e. The second kappa shape index (κ2) is 6.88. The van der Waals surface area contributed by atoms with Gasteiger partial charge in [-0.3, -0.25) is 9.78 Å². The molecule has 0 spiro atoms. The number of nitrogens with zero attached hydrogens (tertiary/aromatic N) is 1. The molecular weight excluding hydrogens is 264 g/mol. The first kappa shape index (κ1) is 15.0. The average molecular weight is 284 g/mol. The van der Waals surface area contributed by atoms with Crippen LogP contribution in [0.25, 0.3) is 0 Å². The van der Waals surface area contributed by atoms with E-state index < -0.39 is 0 Å². The van der Waals surface area contributed by atoms with Gasteiger partial charge in [-0.25, -0.2) is 0 Å². The summed E-state index contributed by atoms with van der Waals surface area (Å²) in [4.78, 5) is 16.2. The normalized spacial score (nSPS) is 10.5. The second-order valence-corrected chi connectivity index (χ2v) is 5.19. The number of ether oxygens (including phenoxy) is 1. The molecule has 110 valence electrons. The third-order valence-electron chi connectivity index (χ3n) is 2.98. The van der Waals surface area contributed by atoms with Gasteiger partial charge in [0, 0.05) is 24.5 Å². The Morgan fingerprint density at radius 2 is 2.14 bits per heavy atom. The van der Waals surface area contributed by atoms with Gasteiger partial charge in [0.1, 0.15) is 5.75 Å². The number of rotatable bonds is 5. The van der Waals surface area contributed by atoms with Gasteiger partial charge in [-0.1, -0.05) is 6.07 Å². The number of carbonyl (C=O) groups excluding carboxylic acids is 1. The molecule has 0 aliphatic rings. The predicted molar refractivity (Wildman–Crippen MR) is 82.4 cm³/mol. The molecule has 0 radical (unpaired) electrons. The molecule has 0 aliphatic heterocycles. The van der Waals surface area contributed by atoms with E-state index in [9.17, 15) is 4.79 Å². The van der Waals surface area contributed by atoms with Crippen LogP contribution in [0.15, 0.2) is 42.7 Å². The number of aromatic nitrogens is 1. The maximum atomic E-state index is 12.1. The molecule has 0 saturated carbocycles. The van der Waals surface area contributed by atoms with Crippen LogP contribution in [0.5, 0.6) is 5.75 Å². The summed E-state index contributed by atoms with van der Waals surface area (Å²) in [5, 5.41) is 2.88. The van der Waals surface area contributed by atoms with Gasteiger partial charge in [-0.15, -0.1) is 0 Å². The van der Waals surface area contributed by atoms with Crippen molar-refractivity contribution in [1.82, 2.24) is 10.3 Å². The first-order valence-electron chi connectivity index (χ1n) is 7.00. The highest BCUT2D eigenvalue weighted by molar-refractivity contribution is 5.94. The van der Waals surface area contributed by atoms with E-state index in [2.05, 4.69) is 10.3 Å². The Kier molecular flexibility index (Phi) is 4.93. The Labute approximate surface area is 125 Å². The topological polar surface area (TPSA) is 51.2 Å². The van der Waals surface area contributed by atoms with Crippen LogP contribution in [0.4, 0.5) is 0 Å². The highest BCUT2D eigenvalue weighted by Gasteiger charge is 2.09. The molecule has 1 amide bonds. The lowest BCUT2D eigenvalue weighted by atomic mass is 10.1. The smallest absolute Gasteiger partial charge is 0.251 e. The van der Waals surface area contributed by atoms with Crippen LogP contribution in [0, 0.1) is 6.92 Å². The van der Waals surface area contributed by atoms with E-state index in [1.54, 1.807) is 18.5 Å². The minimum absolute atomic E-state index is 0.0990. The minimum atomic E-state index is -0.0990. The predicted octanol–water partition coefficient (Wildman–Crippen LogP) is 3.11. The van der Waals surface area contributed by atoms with Gasteiger partial charge in [-0.05, 0) is 56.2 Å². The summed E-state index contributed by atoms with van der Waals surface area (Å²) in [6.45, 7) is 6.37. The maximum absolute atomic E-state index is 12.1. The van der Waals surface area contributed by atoms with E-state index >= 15 is 0 Å². The summed E-state index contributed by atoms with van der Waals surface area (Å²) >= 11 is 0. The summed E-state index contributed by atoms with van der Waals surface area (Å²) in [5.41, 5.74) is 2.56. The van der Waals surface area contributed by atoms with Gasteiger partial charge in [0.25, 0.3) is 5.91 Å². The third kappa shape index (κ3) is 4.31. The Hall–Kier alpha value is -2.36. The average Bonchev–Trinajstić information content (AvgIpc) is 2.47. The fourth-order valence-corrected chi connectivity index (χ4v) is 1.96. The monoisotopic (exact) mass is 284 g/mol. The van der Waals surface area contributed by atoms with Gasteiger partial charge < -0.3 is 10.1 Å². The lowest BCUT2D eigenvalue weighted by molar-refractivity contribution is 0.0950. The Balaban J connectivity index is 2.01. The number of aryl methyl sites for hydroxylation is 1. The van der Waals surface area contributed by atoms with Crippen LogP contribution in [0.3, 0.4) is 0 Å². The van der Waals surface area contributed by atoms with Crippen LogP contribution in [-0.2, 0) is 6.54 Å². The summed E-state index contributed by atoms with van der Waals surface area (Å²) in [6, 6.07) is 9.25. The van der Waals surface area contributed by atoms with Crippen molar-refractivity contribution in [3.63, 3.8) is 0 Å². The summed E-state index contributed by atoms with van der Waals surface area (Å²) in [6.07, 6.45) is 3.57. The quantitative estimate of drug-likeness (QED) is 0.918. The number of benzene rings is 1. The fourth-order valence-electron chi connectivity index (χ4n) is 1.96. The molecule has 4 heteroatoms. The third-order valence-corrected chi connectivity index (χ3v) is 2.98. The van der Waals surface area contributed by atoms with Crippen molar-refractivity contribution in [1.29, 1.82) is 0 Å². The van der Waals surface area contributed by atoms with Crippen molar-refractivity contribution in [3.8, 4) is 5.75 Å². The van der Waals surface area contributed by atoms with Crippen LogP contribution in [0.1, 0.15) is 35.3 Å². The molecule has 0 unspecified atom stereocenters. The van der Waals surface area contributed by atoms with Gasteiger partial charge in [0.05, 0.1) is 6.10 Å². The van der Waals surface area contributed by atoms with Crippen molar-refractivity contribution in [3.05, 3.63) is 59.4 Å². The number of amides is 1. The van der Waals surface area contributed by atoms with Crippen molar-refractivity contribution >= 4 is 5.91 Å². The molecule has 0 atom stereocenters. The molecule has 4 nitrogen and oxygen atoms in total. The molecule has 1 heterocycles. The number of nitrogens with one attached hydrogen (secondary N) is 1. The van der Waals surface area contributed by atoms with Crippen LogP contribution >= 0.6 is 0 Å². The standard InChI is InChI=1S/C17H20N2O2/c1-12(2)21-16-7-6-15(9-13(16)3)17(20)19-11-14-5-4-8-18-10-14/h4-10,12H,11H2,1-3H3,(H,19,20). The number of hydrogen-bond acceptors (Lipinski definition) is 3. The molecule has 21 heavy (non-hydrogen) atoms. The second-order valence-electron chi connectivity index (χ2n) is 5.19. The fraction of sp³-hybridized carbons (Fsp3) is 0.294.